The van der Waals surface area contributed by atoms with E-state index in [1.54, 1.807) is 6.08 Å². The molecule has 0 saturated heterocycles. The lowest BCUT2D eigenvalue weighted by molar-refractivity contribution is -0.115. The predicted molar refractivity (Wildman–Crippen MR) is 112 cm³/mol. The highest BCUT2D eigenvalue weighted by Gasteiger charge is 2.19. The molecule has 1 aliphatic heterocycles. The van der Waals surface area contributed by atoms with Crippen molar-refractivity contribution in [3.05, 3.63) is 82.7 Å². The molecule has 0 radical (unpaired) electrons. The van der Waals surface area contributed by atoms with Crippen LogP contribution in [0, 0.1) is 6.92 Å². The first-order chi connectivity index (χ1) is 13.1. The normalized spacial score (nSPS) is 19.6. The van der Waals surface area contributed by atoms with Gasteiger partial charge >= 0.3 is 0 Å². The molecular formula is C24H30N2O. The highest BCUT2D eigenvalue weighted by atomic mass is 16.1. The van der Waals surface area contributed by atoms with Crippen molar-refractivity contribution >= 4 is 5.78 Å². The fraction of sp³-hybridized carbons (Fsp3) is 0.375. The van der Waals surface area contributed by atoms with Crippen molar-refractivity contribution in [1.82, 2.24) is 10.6 Å². The Morgan fingerprint density at radius 3 is 2.78 bits per heavy atom. The Balaban J connectivity index is 1.52. The summed E-state index contributed by atoms with van der Waals surface area (Å²) in [6.07, 6.45) is 15.0. The Kier molecular flexibility index (Phi) is 6.69. The van der Waals surface area contributed by atoms with E-state index in [9.17, 15) is 4.79 Å². The second-order valence-corrected chi connectivity index (χ2v) is 7.47. The lowest BCUT2D eigenvalue weighted by Gasteiger charge is -2.25. The van der Waals surface area contributed by atoms with E-state index < -0.39 is 0 Å². The summed E-state index contributed by atoms with van der Waals surface area (Å²) < 4.78 is 0. The van der Waals surface area contributed by atoms with Crippen molar-refractivity contribution < 1.29 is 4.79 Å². The zero-order valence-electron chi connectivity index (χ0n) is 16.4. The van der Waals surface area contributed by atoms with Gasteiger partial charge in [0.05, 0.1) is 6.54 Å². The van der Waals surface area contributed by atoms with Crippen LogP contribution < -0.4 is 10.6 Å². The lowest BCUT2D eigenvalue weighted by atomic mass is 9.97. The van der Waals surface area contributed by atoms with Crippen molar-refractivity contribution in [1.29, 1.82) is 0 Å². The number of carbonyl (C=O) groups is 1. The molecular weight excluding hydrogens is 332 g/mol. The van der Waals surface area contributed by atoms with E-state index in [0.717, 1.165) is 37.1 Å². The Hall–Kier alpha value is -2.55. The van der Waals surface area contributed by atoms with Gasteiger partial charge in [-0.2, -0.15) is 0 Å². The van der Waals surface area contributed by atoms with Crippen LogP contribution in [0.2, 0.25) is 0 Å². The standard InChI is InChI=1S/C24H30N2O/c1-3-19-5-4-6-21(13-11-19)25-17-23-16-24(27)15-22(26-23)14-12-20-9-7-18(2)8-10-20/h4,6-11,13,16,22,25-26H,3,5,12,14-15,17H2,1-2H3. The van der Waals surface area contributed by atoms with Crippen LogP contribution in [0.4, 0.5) is 0 Å². The van der Waals surface area contributed by atoms with Gasteiger partial charge in [0.15, 0.2) is 5.78 Å². The SMILES string of the molecule is CCC1=CC=C(NCC2=CC(=O)CC(CCc3ccc(C)cc3)N2)C=CC1. The summed E-state index contributed by atoms with van der Waals surface area (Å²) in [6, 6.07) is 8.88. The van der Waals surface area contributed by atoms with Crippen molar-refractivity contribution in [3.8, 4) is 0 Å². The van der Waals surface area contributed by atoms with Crippen molar-refractivity contribution in [2.75, 3.05) is 6.54 Å². The van der Waals surface area contributed by atoms with Crippen LogP contribution in [-0.2, 0) is 11.2 Å². The molecule has 3 nitrogen and oxygen atoms in total. The summed E-state index contributed by atoms with van der Waals surface area (Å²) in [6.45, 7) is 4.94. The summed E-state index contributed by atoms with van der Waals surface area (Å²) in [7, 11) is 0. The van der Waals surface area contributed by atoms with E-state index in [2.05, 4.69) is 73.1 Å². The van der Waals surface area contributed by atoms with E-state index in [4.69, 9.17) is 0 Å². The average molecular weight is 363 g/mol. The molecule has 0 amide bonds. The first-order valence-corrected chi connectivity index (χ1v) is 9.98. The summed E-state index contributed by atoms with van der Waals surface area (Å²) in [5.74, 6) is 0.220. The molecule has 2 N–H and O–H groups in total. The fourth-order valence-corrected chi connectivity index (χ4v) is 3.47. The molecule has 3 heteroatoms. The van der Waals surface area contributed by atoms with Gasteiger partial charge in [-0.1, -0.05) is 54.5 Å². The number of nitrogens with one attached hydrogen (secondary N) is 2. The Labute approximate surface area is 162 Å². The molecule has 142 valence electrons. The summed E-state index contributed by atoms with van der Waals surface area (Å²) in [5.41, 5.74) is 6.12. The Bertz CT molecular complexity index is 781. The fourth-order valence-electron chi connectivity index (χ4n) is 3.47. The number of allylic oxidation sites excluding steroid dienone is 6. The van der Waals surface area contributed by atoms with Crippen molar-refractivity contribution in [2.24, 2.45) is 0 Å². The maximum atomic E-state index is 12.1. The van der Waals surface area contributed by atoms with Crippen LogP contribution in [-0.4, -0.2) is 18.4 Å². The molecule has 0 fully saturated rings. The summed E-state index contributed by atoms with van der Waals surface area (Å²) in [4.78, 5) is 12.1. The smallest absolute Gasteiger partial charge is 0.159 e. The molecule has 1 aromatic carbocycles. The molecule has 1 aliphatic carbocycles. The first kappa shape index (κ1) is 19.2. The quantitative estimate of drug-likeness (QED) is 0.750. The first-order valence-electron chi connectivity index (χ1n) is 9.98. The van der Waals surface area contributed by atoms with E-state index >= 15 is 0 Å². The number of ketones is 1. The maximum absolute atomic E-state index is 12.1. The zero-order valence-corrected chi connectivity index (χ0v) is 16.4. The molecule has 0 aromatic heterocycles. The van der Waals surface area contributed by atoms with Crippen LogP contribution in [0.5, 0.6) is 0 Å². The molecule has 0 spiro atoms. The molecule has 1 unspecified atom stereocenters. The maximum Gasteiger partial charge on any atom is 0.159 e. The van der Waals surface area contributed by atoms with Crippen LogP contribution in [0.3, 0.4) is 0 Å². The van der Waals surface area contributed by atoms with Gasteiger partial charge in [-0.05, 0) is 50.3 Å². The monoisotopic (exact) mass is 362 g/mol. The molecule has 27 heavy (non-hydrogen) atoms. The van der Waals surface area contributed by atoms with Crippen LogP contribution in [0.15, 0.2) is 71.6 Å². The van der Waals surface area contributed by atoms with Gasteiger partial charge in [-0.25, -0.2) is 0 Å². The van der Waals surface area contributed by atoms with Gasteiger partial charge in [0.25, 0.3) is 0 Å². The zero-order chi connectivity index (χ0) is 19.1. The minimum atomic E-state index is 0.214. The van der Waals surface area contributed by atoms with E-state index in [0.29, 0.717) is 13.0 Å². The largest absolute Gasteiger partial charge is 0.384 e. The van der Waals surface area contributed by atoms with Gasteiger partial charge in [0.2, 0.25) is 0 Å². The Morgan fingerprint density at radius 2 is 2.00 bits per heavy atom. The van der Waals surface area contributed by atoms with E-state index in [1.807, 2.05) is 0 Å². The third-order valence-corrected chi connectivity index (χ3v) is 5.19. The molecule has 1 heterocycles. The van der Waals surface area contributed by atoms with Crippen LogP contribution in [0.1, 0.15) is 43.7 Å². The molecule has 2 aliphatic rings. The van der Waals surface area contributed by atoms with Gasteiger partial charge in [-0.3, -0.25) is 4.79 Å². The minimum Gasteiger partial charge on any atom is -0.384 e. The van der Waals surface area contributed by atoms with Crippen molar-refractivity contribution in [3.63, 3.8) is 0 Å². The number of benzene rings is 1. The second-order valence-electron chi connectivity index (χ2n) is 7.47. The highest BCUT2D eigenvalue weighted by molar-refractivity contribution is 5.91. The third kappa shape index (κ3) is 5.99. The number of hydrogen-bond donors (Lipinski definition) is 2. The number of hydrogen-bond acceptors (Lipinski definition) is 3. The van der Waals surface area contributed by atoms with E-state index in [1.165, 1.54) is 16.7 Å². The van der Waals surface area contributed by atoms with Gasteiger partial charge in [-0.15, -0.1) is 0 Å². The third-order valence-electron chi connectivity index (χ3n) is 5.19. The molecule has 0 saturated carbocycles. The summed E-state index contributed by atoms with van der Waals surface area (Å²) in [5, 5.41) is 7.00. The van der Waals surface area contributed by atoms with Crippen LogP contribution >= 0.6 is 0 Å². The molecule has 1 atom stereocenters. The van der Waals surface area contributed by atoms with Gasteiger partial charge in [0.1, 0.15) is 0 Å². The van der Waals surface area contributed by atoms with Crippen LogP contribution in [0.25, 0.3) is 0 Å². The Morgan fingerprint density at radius 1 is 1.19 bits per heavy atom. The van der Waals surface area contributed by atoms with E-state index in [-0.39, 0.29) is 11.8 Å². The number of aryl methyl sites for hydroxylation is 2. The topological polar surface area (TPSA) is 41.1 Å². The van der Waals surface area contributed by atoms with Crippen molar-refractivity contribution in [2.45, 2.75) is 52.0 Å². The minimum absolute atomic E-state index is 0.214. The average Bonchev–Trinajstić information content (AvgIpc) is 2.91. The highest BCUT2D eigenvalue weighted by Crippen LogP contribution is 2.15. The van der Waals surface area contributed by atoms with Gasteiger partial charge in [0, 0.05) is 29.9 Å². The number of rotatable bonds is 7. The second kappa shape index (κ2) is 9.40. The summed E-state index contributed by atoms with van der Waals surface area (Å²) >= 11 is 0. The predicted octanol–water partition coefficient (Wildman–Crippen LogP) is 4.51. The number of carbonyl (C=O) groups excluding carboxylic acids is 1. The molecule has 3 rings (SSSR count). The lowest BCUT2D eigenvalue weighted by Crippen LogP contribution is -2.38. The molecule has 1 aromatic rings. The molecule has 0 bridgehead atoms. The van der Waals surface area contributed by atoms with Gasteiger partial charge < -0.3 is 10.6 Å².